The normalized spacial score (nSPS) is 16.5. The van der Waals surface area contributed by atoms with Gasteiger partial charge in [0.15, 0.2) is 0 Å². The number of nitrogens with zero attached hydrogens (tertiary/aromatic N) is 2. The summed E-state index contributed by atoms with van der Waals surface area (Å²) in [5.74, 6) is 0.379. The van der Waals surface area contributed by atoms with E-state index in [9.17, 15) is 18.0 Å². The van der Waals surface area contributed by atoms with Crippen LogP contribution in [-0.4, -0.2) is 43.0 Å². The van der Waals surface area contributed by atoms with Crippen molar-refractivity contribution in [3.63, 3.8) is 0 Å². The zero-order valence-electron chi connectivity index (χ0n) is 15.9. The molecule has 1 aliphatic heterocycles. The number of hydrogen-bond acceptors (Lipinski definition) is 2. The first kappa shape index (κ1) is 20.0. The summed E-state index contributed by atoms with van der Waals surface area (Å²) in [4.78, 5) is 15.5. The van der Waals surface area contributed by atoms with E-state index in [2.05, 4.69) is 0 Å². The van der Waals surface area contributed by atoms with Gasteiger partial charge in [0, 0.05) is 40.0 Å². The third-order valence-corrected chi connectivity index (χ3v) is 5.02. The Balaban J connectivity index is 1.84. The number of piperidine rings is 1. The first-order valence-corrected chi connectivity index (χ1v) is 9.09. The monoisotopic (exact) mass is 392 g/mol. The molecule has 0 spiro atoms. The first-order chi connectivity index (χ1) is 13.2. The van der Waals surface area contributed by atoms with Crippen LogP contribution >= 0.6 is 0 Å². The highest BCUT2D eigenvalue weighted by Gasteiger charge is 2.40. The fourth-order valence-electron chi connectivity index (χ4n) is 3.47. The van der Waals surface area contributed by atoms with E-state index in [1.54, 1.807) is 19.0 Å². The number of rotatable bonds is 3. The molecule has 0 unspecified atom stereocenters. The zero-order chi connectivity index (χ0) is 20.4. The highest BCUT2D eigenvalue weighted by Crippen LogP contribution is 2.39. The molecule has 7 heteroatoms. The molecule has 2 aromatic rings. The molecule has 0 atom stereocenters. The average molecular weight is 392 g/mol. The van der Waals surface area contributed by atoms with Crippen LogP contribution in [0, 0.1) is 0 Å². The van der Waals surface area contributed by atoms with Crippen LogP contribution in [0.25, 0.3) is 0 Å². The molecule has 0 aromatic heterocycles. The number of likely N-dealkylation sites (tertiary alicyclic amines) is 1. The van der Waals surface area contributed by atoms with E-state index in [1.807, 2.05) is 30.3 Å². The number of carbonyl (C=O) groups excluding carboxylic acids is 1. The predicted octanol–water partition coefficient (Wildman–Crippen LogP) is 4.76. The third-order valence-electron chi connectivity index (χ3n) is 5.02. The van der Waals surface area contributed by atoms with Crippen LogP contribution in [0.2, 0.25) is 0 Å². The van der Waals surface area contributed by atoms with Crippen molar-refractivity contribution in [2.45, 2.75) is 24.6 Å². The summed E-state index contributed by atoms with van der Waals surface area (Å²) >= 11 is 0. The first-order valence-electron chi connectivity index (χ1n) is 9.09. The summed E-state index contributed by atoms with van der Waals surface area (Å²) in [6, 6.07) is 14.3. The maximum Gasteiger partial charge on any atom is 0.416 e. The number of amides is 2. The summed E-state index contributed by atoms with van der Waals surface area (Å²) in [6.45, 7) is 1.01. The summed E-state index contributed by atoms with van der Waals surface area (Å²) in [5.41, 5.74) is -0.448. The van der Waals surface area contributed by atoms with Crippen LogP contribution in [-0.2, 0) is 11.8 Å². The maximum atomic E-state index is 12.8. The van der Waals surface area contributed by atoms with Gasteiger partial charge in [-0.2, -0.15) is 13.2 Å². The number of alkyl halides is 3. The smallest absolute Gasteiger partial charge is 0.416 e. The van der Waals surface area contributed by atoms with Crippen LogP contribution in [0.4, 0.5) is 18.0 Å². The second-order valence-corrected chi connectivity index (χ2v) is 7.15. The topological polar surface area (TPSA) is 32.8 Å². The third kappa shape index (κ3) is 4.24. The van der Waals surface area contributed by atoms with E-state index in [4.69, 9.17) is 4.74 Å². The molecule has 1 fully saturated rings. The molecular weight excluding hydrogens is 369 g/mol. The van der Waals surface area contributed by atoms with E-state index in [-0.39, 0.29) is 6.03 Å². The van der Waals surface area contributed by atoms with E-state index < -0.39 is 17.3 Å². The van der Waals surface area contributed by atoms with Crippen molar-refractivity contribution in [2.75, 3.05) is 27.2 Å². The summed E-state index contributed by atoms with van der Waals surface area (Å²) in [6.07, 6.45) is -3.28. The van der Waals surface area contributed by atoms with Crippen molar-refractivity contribution < 1.29 is 22.7 Å². The van der Waals surface area contributed by atoms with Crippen molar-refractivity contribution in [1.82, 2.24) is 9.80 Å². The molecule has 0 bridgehead atoms. The summed E-state index contributed by atoms with van der Waals surface area (Å²) < 4.78 is 44.7. The minimum absolute atomic E-state index is 0.0591. The fourth-order valence-corrected chi connectivity index (χ4v) is 3.47. The molecule has 0 radical (unpaired) electrons. The van der Waals surface area contributed by atoms with Crippen LogP contribution in [0.15, 0.2) is 54.6 Å². The number of urea groups is 1. The Kier molecular flexibility index (Phi) is 5.54. The van der Waals surface area contributed by atoms with Gasteiger partial charge >= 0.3 is 12.2 Å². The molecule has 1 aliphatic rings. The number of ether oxygens (including phenoxy) is 1. The highest BCUT2D eigenvalue weighted by molar-refractivity contribution is 5.74. The molecule has 3 rings (SSSR count). The zero-order valence-corrected chi connectivity index (χ0v) is 15.9. The van der Waals surface area contributed by atoms with Gasteiger partial charge in [-0.15, -0.1) is 0 Å². The lowest BCUT2D eigenvalue weighted by molar-refractivity contribution is -0.137. The van der Waals surface area contributed by atoms with Gasteiger partial charge in [0.25, 0.3) is 0 Å². The predicted molar refractivity (Wildman–Crippen MR) is 100 cm³/mol. The Labute approximate surface area is 162 Å². The van der Waals surface area contributed by atoms with Crippen LogP contribution in [0.1, 0.15) is 24.0 Å². The molecule has 0 saturated carbocycles. The Morgan fingerprint density at radius 2 is 1.57 bits per heavy atom. The lowest BCUT2D eigenvalue weighted by Gasteiger charge is -2.42. The van der Waals surface area contributed by atoms with Crippen LogP contribution in [0.5, 0.6) is 5.75 Å². The average Bonchev–Trinajstić information content (AvgIpc) is 2.68. The number of hydrogen-bond donors (Lipinski definition) is 0. The Hall–Kier alpha value is -2.70. The molecule has 4 nitrogen and oxygen atoms in total. The van der Waals surface area contributed by atoms with Gasteiger partial charge < -0.3 is 14.5 Å². The molecule has 0 aliphatic carbocycles. The minimum Gasteiger partial charge on any atom is -0.482 e. The molecular formula is C21H23F3N2O2. The van der Waals surface area contributed by atoms with Crippen LogP contribution < -0.4 is 4.74 Å². The molecule has 28 heavy (non-hydrogen) atoms. The minimum atomic E-state index is -4.38. The second kappa shape index (κ2) is 7.73. The van der Waals surface area contributed by atoms with Gasteiger partial charge in [0.05, 0.1) is 5.56 Å². The maximum absolute atomic E-state index is 12.8. The number of carbonyl (C=O) groups is 1. The Morgan fingerprint density at radius 1 is 1.00 bits per heavy atom. The van der Waals surface area contributed by atoms with Gasteiger partial charge in [-0.05, 0) is 29.8 Å². The van der Waals surface area contributed by atoms with Crippen LogP contribution in [0.3, 0.4) is 0 Å². The molecule has 2 aromatic carbocycles. The number of halogens is 3. The molecule has 150 valence electrons. The van der Waals surface area contributed by atoms with Gasteiger partial charge in [0.2, 0.25) is 0 Å². The number of benzene rings is 2. The quantitative estimate of drug-likeness (QED) is 0.755. The molecule has 1 saturated heterocycles. The molecule has 0 N–H and O–H groups in total. The van der Waals surface area contributed by atoms with Crippen molar-refractivity contribution in [3.8, 4) is 5.75 Å². The summed E-state index contributed by atoms with van der Waals surface area (Å²) in [5, 5.41) is 0. The standard InChI is InChI=1S/C21H23F3N2O2/c1-25(2)19(27)26-14-12-20(13-15-26,16-6-4-3-5-7-16)28-18-10-8-17(9-11-18)21(22,23)24/h3-11H,12-15H2,1-2H3. The second-order valence-electron chi connectivity index (χ2n) is 7.15. The molecule has 2 amide bonds. The Morgan fingerprint density at radius 3 is 2.07 bits per heavy atom. The summed E-state index contributed by atoms with van der Waals surface area (Å²) in [7, 11) is 3.42. The van der Waals surface area contributed by atoms with E-state index in [0.29, 0.717) is 31.7 Å². The lowest BCUT2D eigenvalue weighted by Crippen LogP contribution is -2.50. The largest absolute Gasteiger partial charge is 0.482 e. The van der Waals surface area contributed by atoms with Crippen molar-refractivity contribution in [3.05, 3.63) is 65.7 Å². The van der Waals surface area contributed by atoms with Gasteiger partial charge in [-0.3, -0.25) is 0 Å². The van der Waals surface area contributed by atoms with Gasteiger partial charge in [-0.1, -0.05) is 30.3 Å². The molecule has 1 heterocycles. The fraction of sp³-hybridized carbons (Fsp3) is 0.381. The van der Waals surface area contributed by atoms with E-state index >= 15 is 0 Å². The van der Waals surface area contributed by atoms with Crippen molar-refractivity contribution >= 4 is 6.03 Å². The Bertz CT molecular complexity index is 797. The van der Waals surface area contributed by atoms with E-state index in [0.717, 1.165) is 17.7 Å². The van der Waals surface area contributed by atoms with Gasteiger partial charge in [-0.25, -0.2) is 4.79 Å². The van der Waals surface area contributed by atoms with Gasteiger partial charge in [0.1, 0.15) is 11.4 Å². The lowest BCUT2D eigenvalue weighted by atomic mass is 9.84. The highest BCUT2D eigenvalue weighted by atomic mass is 19.4. The van der Waals surface area contributed by atoms with E-state index in [1.165, 1.54) is 17.0 Å². The van der Waals surface area contributed by atoms with Crippen molar-refractivity contribution in [1.29, 1.82) is 0 Å². The van der Waals surface area contributed by atoms with Crippen molar-refractivity contribution in [2.24, 2.45) is 0 Å². The SMILES string of the molecule is CN(C)C(=O)N1CCC(Oc2ccc(C(F)(F)F)cc2)(c2ccccc2)CC1.